The number of primary amides is 1. The lowest BCUT2D eigenvalue weighted by atomic mass is 9.88. The molecule has 0 aliphatic heterocycles. The van der Waals surface area contributed by atoms with Crippen LogP contribution in [0.3, 0.4) is 0 Å². The quantitative estimate of drug-likeness (QED) is 0.455. The third kappa shape index (κ3) is 4.88. The number of halogens is 1. The number of hydrogen-bond acceptors (Lipinski definition) is 6. The van der Waals surface area contributed by atoms with E-state index in [1.54, 1.807) is 32.9 Å². The van der Waals surface area contributed by atoms with Gasteiger partial charge in [0.1, 0.15) is 11.9 Å². The molecule has 2 aromatic carbocycles. The number of nitrogens with zero attached hydrogens (tertiary/aromatic N) is 1. The van der Waals surface area contributed by atoms with Gasteiger partial charge in [-0.05, 0) is 60.7 Å². The normalized spacial score (nSPS) is 13.6. The van der Waals surface area contributed by atoms with Crippen molar-refractivity contribution in [1.29, 1.82) is 0 Å². The number of aromatic nitrogens is 2. The summed E-state index contributed by atoms with van der Waals surface area (Å²) in [7, 11) is -4.38. The second-order valence-corrected chi connectivity index (χ2v) is 9.47. The largest absolute Gasteiger partial charge is 0.434 e. The zero-order valence-corrected chi connectivity index (χ0v) is 19.4. The van der Waals surface area contributed by atoms with Gasteiger partial charge in [0, 0.05) is 5.92 Å². The first-order valence-electron chi connectivity index (χ1n) is 10.2. The average Bonchev–Trinajstić information content (AvgIpc) is 3.20. The van der Waals surface area contributed by atoms with Gasteiger partial charge in [0.15, 0.2) is 0 Å². The standard InChI is InChI=1S/C22H25FN4O5S/c1-5-14-7-9-17(15(10-14)20(24)28)33(30,31)27-19(21-25-26-22(29)32-21)13(4)18-12(3)11(2)6-8-16(18)23/h6-10,13,19,27H,5H2,1-4H3,(H2,24,28)(H,26,29). The fourth-order valence-electron chi connectivity index (χ4n) is 3.73. The van der Waals surface area contributed by atoms with Gasteiger partial charge in [-0.1, -0.05) is 26.0 Å². The molecule has 9 nitrogen and oxygen atoms in total. The third-order valence-electron chi connectivity index (χ3n) is 5.70. The number of carbonyl (C=O) groups is 1. The molecule has 0 saturated heterocycles. The predicted molar refractivity (Wildman–Crippen MR) is 119 cm³/mol. The summed E-state index contributed by atoms with van der Waals surface area (Å²) < 4.78 is 49.0. The molecule has 176 valence electrons. The van der Waals surface area contributed by atoms with Crippen LogP contribution in [0.2, 0.25) is 0 Å². The fourth-order valence-corrected chi connectivity index (χ4v) is 5.19. The summed E-state index contributed by atoms with van der Waals surface area (Å²) in [4.78, 5) is 23.2. The Hall–Kier alpha value is -3.31. The van der Waals surface area contributed by atoms with Gasteiger partial charge in [0.05, 0.1) is 10.5 Å². The van der Waals surface area contributed by atoms with Crippen LogP contribution in [0.5, 0.6) is 0 Å². The maximum atomic E-state index is 14.8. The van der Waals surface area contributed by atoms with Gasteiger partial charge >= 0.3 is 5.76 Å². The van der Waals surface area contributed by atoms with Crippen molar-refractivity contribution >= 4 is 15.9 Å². The molecule has 0 aliphatic carbocycles. The summed E-state index contributed by atoms with van der Waals surface area (Å²) in [6.07, 6.45) is 0.567. The van der Waals surface area contributed by atoms with Crippen LogP contribution in [0.4, 0.5) is 4.39 Å². The third-order valence-corrected chi connectivity index (χ3v) is 7.20. The van der Waals surface area contributed by atoms with Gasteiger partial charge in [-0.3, -0.25) is 4.79 Å². The van der Waals surface area contributed by atoms with Crippen LogP contribution in [-0.4, -0.2) is 24.5 Å². The molecule has 11 heteroatoms. The lowest BCUT2D eigenvalue weighted by Crippen LogP contribution is -2.34. The number of rotatable bonds is 8. The number of aryl methyl sites for hydroxylation is 2. The molecule has 4 N–H and O–H groups in total. The second kappa shape index (κ2) is 9.28. The summed E-state index contributed by atoms with van der Waals surface area (Å²) in [6.45, 7) is 6.95. The van der Waals surface area contributed by atoms with E-state index in [9.17, 15) is 22.4 Å². The van der Waals surface area contributed by atoms with Crippen molar-refractivity contribution in [1.82, 2.24) is 14.9 Å². The first-order chi connectivity index (χ1) is 15.5. The zero-order valence-electron chi connectivity index (χ0n) is 18.6. The molecule has 33 heavy (non-hydrogen) atoms. The lowest BCUT2D eigenvalue weighted by Gasteiger charge is -2.25. The fraction of sp³-hybridized carbons (Fsp3) is 0.318. The van der Waals surface area contributed by atoms with E-state index in [0.29, 0.717) is 12.0 Å². The molecule has 0 radical (unpaired) electrons. The first-order valence-corrected chi connectivity index (χ1v) is 11.7. The highest BCUT2D eigenvalue weighted by Crippen LogP contribution is 2.35. The molecule has 1 amide bonds. The molecule has 1 heterocycles. The Morgan fingerprint density at radius 2 is 1.97 bits per heavy atom. The highest BCUT2D eigenvalue weighted by atomic mass is 32.2. The Labute approximate surface area is 190 Å². The first kappa shape index (κ1) is 24.3. The van der Waals surface area contributed by atoms with Crippen molar-refractivity contribution in [2.75, 3.05) is 0 Å². The van der Waals surface area contributed by atoms with E-state index in [4.69, 9.17) is 10.2 Å². The molecular formula is C22H25FN4O5S. The Kier molecular flexibility index (Phi) is 6.84. The highest BCUT2D eigenvalue weighted by molar-refractivity contribution is 7.89. The maximum Gasteiger partial charge on any atom is 0.434 e. The van der Waals surface area contributed by atoms with Gasteiger partial charge in [0.2, 0.25) is 21.8 Å². The maximum absolute atomic E-state index is 14.8. The summed E-state index contributed by atoms with van der Waals surface area (Å²) >= 11 is 0. The minimum Gasteiger partial charge on any atom is -0.391 e. The number of amides is 1. The number of carbonyl (C=O) groups excluding carboxylic acids is 1. The monoisotopic (exact) mass is 476 g/mol. The van der Waals surface area contributed by atoms with Gasteiger partial charge in [-0.2, -0.15) is 4.72 Å². The van der Waals surface area contributed by atoms with Gasteiger partial charge in [0.25, 0.3) is 0 Å². The minimum absolute atomic E-state index is 0.186. The molecule has 3 aromatic rings. The van der Waals surface area contributed by atoms with Crippen molar-refractivity contribution < 1.29 is 22.0 Å². The van der Waals surface area contributed by atoms with E-state index >= 15 is 0 Å². The molecule has 2 atom stereocenters. The van der Waals surface area contributed by atoms with E-state index < -0.39 is 39.5 Å². The van der Waals surface area contributed by atoms with Crippen LogP contribution in [0.25, 0.3) is 0 Å². The van der Waals surface area contributed by atoms with Crippen molar-refractivity contribution in [3.63, 3.8) is 0 Å². The van der Waals surface area contributed by atoms with Crippen LogP contribution in [0.15, 0.2) is 44.4 Å². The van der Waals surface area contributed by atoms with Gasteiger partial charge < -0.3 is 10.2 Å². The van der Waals surface area contributed by atoms with Crippen LogP contribution < -0.4 is 16.2 Å². The number of nitrogens with one attached hydrogen (secondary N) is 2. The lowest BCUT2D eigenvalue weighted by molar-refractivity contribution is 0.0997. The second-order valence-electron chi connectivity index (χ2n) is 7.79. The van der Waals surface area contributed by atoms with Crippen molar-refractivity contribution in [2.45, 2.75) is 51.0 Å². The minimum atomic E-state index is -4.38. The topological polar surface area (TPSA) is 148 Å². The SMILES string of the molecule is CCc1ccc(S(=O)(=O)NC(c2n[nH]c(=O)o2)C(C)c2c(F)ccc(C)c2C)c(C(N)=O)c1. The Bertz CT molecular complexity index is 1360. The number of hydrogen-bond donors (Lipinski definition) is 3. The van der Waals surface area contributed by atoms with Crippen LogP contribution in [-0.2, 0) is 16.4 Å². The van der Waals surface area contributed by atoms with Crippen LogP contribution in [0, 0.1) is 19.7 Å². The number of aromatic amines is 1. The number of H-pyrrole nitrogens is 1. The molecule has 0 saturated carbocycles. The summed E-state index contributed by atoms with van der Waals surface area (Å²) in [5, 5.41) is 5.85. The summed E-state index contributed by atoms with van der Waals surface area (Å²) in [6, 6.07) is 5.89. The smallest absolute Gasteiger partial charge is 0.391 e. The molecular weight excluding hydrogens is 451 g/mol. The molecule has 3 rings (SSSR count). The van der Waals surface area contributed by atoms with E-state index in [1.807, 2.05) is 6.92 Å². The summed E-state index contributed by atoms with van der Waals surface area (Å²) in [5.74, 6) is -3.46. The zero-order chi connectivity index (χ0) is 24.5. The number of nitrogens with two attached hydrogens (primary N) is 1. The molecule has 0 bridgehead atoms. The van der Waals surface area contributed by atoms with Crippen molar-refractivity contribution in [3.8, 4) is 0 Å². The summed E-state index contributed by atoms with van der Waals surface area (Å²) in [5.41, 5.74) is 7.63. The van der Waals surface area contributed by atoms with Gasteiger partial charge in [-0.25, -0.2) is 22.7 Å². The van der Waals surface area contributed by atoms with E-state index in [-0.39, 0.29) is 21.9 Å². The van der Waals surface area contributed by atoms with Gasteiger partial charge in [-0.15, -0.1) is 5.10 Å². The molecule has 0 spiro atoms. The van der Waals surface area contributed by atoms with Crippen molar-refractivity contribution in [3.05, 3.63) is 80.4 Å². The van der Waals surface area contributed by atoms with E-state index in [2.05, 4.69) is 14.9 Å². The Morgan fingerprint density at radius 1 is 1.27 bits per heavy atom. The Morgan fingerprint density at radius 3 is 2.55 bits per heavy atom. The molecule has 1 aromatic heterocycles. The number of benzene rings is 2. The van der Waals surface area contributed by atoms with E-state index in [1.165, 1.54) is 18.2 Å². The van der Waals surface area contributed by atoms with Crippen LogP contribution >= 0.6 is 0 Å². The van der Waals surface area contributed by atoms with Crippen LogP contribution in [0.1, 0.15) is 64.3 Å². The average molecular weight is 477 g/mol. The van der Waals surface area contributed by atoms with E-state index in [0.717, 1.165) is 11.1 Å². The Balaban J connectivity index is 2.14. The van der Waals surface area contributed by atoms with Crippen molar-refractivity contribution in [2.24, 2.45) is 5.73 Å². The highest BCUT2D eigenvalue weighted by Gasteiger charge is 2.34. The molecule has 0 aliphatic rings. The predicted octanol–water partition coefficient (Wildman–Crippen LogP) is 2.60. The molecule has 2 unspecified atom stereocenters. The molecule has 0 fully saturated rings. The number of sulfonamides is 1.